The van der Waals surface area contributed by atoms with Gasteiger partial charge in [-0.1, -0.05) is 0 Å². The molecule has 2 aromatic heterocycles. The Morgan fingerprint density at radius 1 is 0.865 bits per heavy atom. The summed E-state index contributed by atoms with van der Waals surface area (Å²) in [5.74, 6) is 1.39. The summed E-state index contributed by atoms with van der Waals surface area (Å²) in [5.41, 5.74) is 9.59. The van der Waals surface area contributed by atoms with Crippen molar-refractivity contribution in [3.05, 3.63) is 66.1 Å². The van der Waals surface area contributed by atoms with E-state index in [1.807, 2.05) is 53.4 Å². The Bertz CT molecular complexity index is 1470. The van der Waals surface area contributed by atoms with Crippen molar-refractivity contribution < 1.29 is 14.3 Å². The fraction of sp³-hybridized carbons (Fsp3) is 0.269. The number of aromatic nitrogens is 5. The largest absolute Gasteiger partial charge is 0.497 e. The molecular weight excluding hydrogens is 472 g/mol. The third-order valence-corrected chi connectivity index (χ3v) is 6.91. The number of carbonyl (C=O) groups is 2. The Morgan fingerprint density at radius 3 is 2.22 bits per heavy atom. The second-order valence-electron chi connectivity index (χ2n) is 9.05. The molecule has 11 nitrogen and oxygen atoms in total. The highest BCUT2D eigenvalue weighted by atomic mass is 16.5. The number of rotatable bonds is 5. The van der Waals surface area contributed by atoms with Crippen molar-refractivity contribution in [1.29, 1.82) is 0 Å². The molecule has 188 valence electrons. The molecule has 2 N–H and O–H groups in total. The number of ether oxygens (including phenoxy) is 1. The molecular formula is C26H26N8O3. The number of amides is 2. The maximum atomic E-state index is 13.9. The lowest BCUT2D eigenvalue weighted by Gasteiger charge is -2.29. The van der Waals surface area contributed by atoms with Crippen LogP contribution >= 0.6 is 0 Å². The number of piperidine rings is 1. The molecule has 37 heavy (non-hydrogen) atoms. The van der Waals surface area contributed by atoms with Gasteiger partial charge in [-0.05, 0) is 67.8 Å². The first-order chi connectivity index (χ1) is 18.0. The molecule has 0 saturated carbocycles. The first-order valence-electron chi connectivity index (χ1n) is 12.2. The van der Waals surface area contributed by atoms with Crippen LogP contribution < -0.4 is 20.3 Å². The van der Waals surface area contributed by atoms with Gasteiger partial charge in [0, 0.05) is 36.4 Å². The van der Waals surface area contributed by atoms with Crippen LogP contribution in [0.4, 0.5) is 17.3 Å². The van der Waals surface area contributed by atoms with Gasteiger partial charge in [0.05, 0.1) is 12.8 Å². The van der Waals surface area contributed by atoms with Crippen molar-refractivity contribution >= 4 is 29.1 Å². The van der Waals surface area contributed by atoms with Crippen LogP contribution in [0.25, 0.3) is 11.5 Å². The highest BCUT2D eigenvalue weighted by Gasteiger charge is 2.34. The van der Waals surface area contributed by atoms with Crippen molar-refractivity contribution in [1.82, 2.24) is 24.5 Å². The lowest BCUT2D eigenvalue weighted by molar-refractivity contribution is -0.119. The van der Waals surface area contributed by atoms with Crippen LogP contribution in [0.2, 0.25) is 0 Å². The molecule has 0 radical (unpaired) electrons. The number of anilines is 3. The fourth-order valence-corrected chi connectivity index (χ4v) is 4.99. The number of nitrogens with zero attached hydrogens (tertiary/aromatic N) is 7. The normalized spacial score (nSPS) is 15.7. The monoisotopic (exact) mass is 498 g/mol. The molecule has 0 atom stereocenters. The zero-order valence-corrected chi connectivity index (χ0v) is 20.4. The van der Waals surface area contributed by atoms with Gasteiger partial charge in [-0.15, -0.1) is 15.3 Å². The van der Waals surface area contributed by atoms with Gasteiger partial charge in [-0.25, -0.2) is 9.25 Å². The minimum atomic E-state index is -0.177. The molecule has 2 amide bonds. The zero-order chi connectivity index (χ0) is 25.5. The summed E-state index contributed by atoms with van der Waals surface area (Å²) in [6, 6.07) is 14.9. The van der Waals surface area contributed by atoms with Crippen LogP contribution in [-0.2, 0) is 11.2 Å². The van der Waals surface area contributed by atoms with Crippen molar-refractivity contribution in [2.75, 3.05) is 35.7 Å². The molecule has 1 fully saturated rings. The van der Waals surface area contributed by atoms with Crippen LogP contribution in [0.15, 0.2) is 54.9 Å². The molecule has 0 spiro atoms. The number of nitrogens with two attached hydrogens (primary N) is 1. The summed E-state index contributed by atoms with van der Waals surface area (Å²) in [7, 11) is 1.60. The van der Waals surface area contributed by atoms with Gasteiger partial charge in [0.25, 0.3) is 5.91 Å². The molecule has 6 rings (SSSR count). The van der Waals surface area contributed by atoms with Crippen molar-refractivity contribution in [2.45, 2.75) is 25.7 Å². The van der Waals surface area contributed by atoms with Gasteiger partial charge >= 0.3 is 0 Å². The van der Waals surface area contributed by atoms with E-state index in [1.165, 1.54) is 6.33 Å². The van der Waals surface area contributed by atoms with Gasteiger partial charge < -0.3 is 20.3 Å². The number of nitrogen functional groups attached to an aromatic ring is 1. The van der Waals surface area contributed by atoms with E-state index in [2.05, 4.69) is 10.2 Å². The molecule has 11 heteroatoms. The molecule has 4 heterocycles. The Kier molecular flexibility index (Phi) is 5.59. The number of carbonyl (C=O) groups excluding carboxylic acids is 2. The van der Waals surface area contributed by atoms with Crippen LogP contribution in [0, 0.1) is 0 Å². The first kappa shape index (κ1) is 22.8. The molecule has 2 aromatic carbocycles. The highest BCUT2D eigenvalue weighted by Crippen LogP contribution is 2.32. The predicted molar refractivity (Wildman–Crippen MR) is 137 cm³/mol. The van der Waals surface area contributed by atoms with E-state index in [0.29, 0.717) is 42.3 Å². The maximum absolute atomic E-state index is 13.9. The SMILES string of the molecule is COc1ccc(-n2nc(-n3cnnc3N)c3c2C(=O)N(c2ccc(N4CCCCC4=O)cc2)CC3)cc1. The topological polar surface area (TPSA) is 124 Å². The van der Waals surface area contributed by atoms with Crippen LogP contribution in [0.5, 0.6) is 5.75 Å². The van der Waals surface area contributed by atoms with Gasteiger partial charge in [0.1, 0.15) is 17.8 Å². The van der Waals surface area contributed by atoms with Gasteiger partial charge in [0.15, 0.2) is 5.82 Å². The number of methoxy groups -OCH3 is 1. The number of hydrogen-bond acceptors (Lipinski definition) is 7. The van der Waals surface area contributed by atoms with Gasteiger partial charge in [-0.2, -0.15) is 0 Å². The zero-order valence-electron chi connectivity index (χ0n) is 20.4. The quantitative estimate of drug-likeness (QED) is 0.449. The third kappa shape index (κ3) is 3.88. The fourth-order valence-electron chi connectivity index (χ4n) is 4.99. The molecule has 0 unspecified atom stereocenters. The summed E-state index contributed by atoms with van der Waals surface area (Å²) >= 11 is 0. The van der Waals surface area contributed by atoms with Crippen LogP contribution in [0.1, 0.15) is 35.3 Å². The highest BCUT2D eigenvalue weighted by molar-refractivity contribution is 6.08. The van der Waals surface area contributed by atoms with E-state index in [1.54, 1.807) is 21.3 Å². The van der Waals surface area contributed by atoms with E-state index in [-0.39, 0.29) is 17.8 Å². The van der Waals surface area contributed by atoms with Crippen molar-refractivity contribution in [2.24, 2.45) is 0 Å². The Morgan fingerprint density at radius 2 is 1.57 bits per heavy atom. The molecule has 1 saturated heterocycles. The average Bonchev–Trinajstić information content (AvgIpc) is 3.53. The minimum absolute atomic E-state index is 0.141. The first-order valence-corrected chi connectivity index (χ1v) is 12.2. The lowest BCUT2D eigenvalue weighted by Crippen LogP contribution is -2.39. The standard InChI is InChI=1S/C26H26N8O3/c1-37-20-11-9-19(10-12-20)34-23-21(24(30-34)33-16-28-29-26(33)27)13-15-32(25(23)36)18-7-5-17(6-8-18)31-14-3-2-4-22(31)35/h5-12,16H,2-4,13-15H2,1H3,(H2,27,29). The van der Waals surface area contributed by atoms with Crippen molar-refractivity contribution in [3.63, 3.8) is 0 Å². The average molecular weight is 499 g/mol. The summed E-state index contributed by atoms with van der Waals surface area (Å²) < 4.78 is 8.51. The predicted octanol–water partition coefficient (Wildman–Crippen LogP) is 2.76. The number of fused-ring (bicyclic) bond motifs is 1. The van der Waals surface area contributed by atoms with Crippen molar-refractivity contribution in [3.8, 4) is 17.3 Å². The van der Waals surface area contributed by atoms with E-state index >= 15 is 0 Å². The summed E-state index contributed by atoms with van der Waals surface area (Å²) in [6.45, 7) is 1.19. The molecule has 0 aliphatic carbocycles. The second kappa shape index (κ2) is 9.08. The summed E-state index contributed by atoms with van der Waals surface area (Å²) in [6.07, 6.45) is 4.56. The Balaban J connectivity index is 1.39. The molecule has 2 aliphatic heterocycles. The second-order valence-corrected chi connectivity index (χ2v) is 9.05. The van der Waals surface area contributed by atoms with E-state index in [9.17, 15) is 9.59 Å². The van der Waals surface area contributed by atoms with Gasteiger partial charge in [0.2, 0.25) is 11.9 Å². The summed E-state index contributed by atoms with van der Waals surface area (Å²) in [5, 5.41) is 12.5. The number of hydrogen-bond donors (Lipinski definition) is 1. The number of benzene rings is 2. The summed E-state index contributed by atoms with van der Waals surface area (Å²) in [4.78, 5) is 29.8. The van der Waals surface area contributed by atoms with E-state index in [4.69, 9.17) is 15.6 Å². The van der Waals surface area contributed by atoms with Crippen LogP contribution in [0.3, 0.4) is 0 Å². The maximum Gasteiger partial charge on any atom is 0.277 e. The lowest BCUT2D eigenvalue weighted by atomic mass is 10.0. The van der Waals surface area contributed by atoms with E-state index < -0.39 is 0 Å². The molecule has 4 aromatic rings. The molecule has 0 bridgehead atoms. The Hall–Kier alpha value is -4.67. The minimum Gasteiger partial charge on any atom is -0.497 e. The van der Waals surface area contributed by atoms with E-state index in [0.717, 1.165) is 36.3 Å². The van der Waals surface area contributed by atoms with Gasteiger partial charge in [-0.3, -0.25) is 9.59 Å². The van der Waals surface area contributed by atoms with Crippen LogP contribution in [-0.4, -0.2) is 56.6 Å². The smallest absolute Gasteiger partial charge is 0.277 e. The third-order valence-electron chi connectivity index (χ3n) is 6.91. The molecule has 2 aliphatic rings. The Labute approximate surface area is 213 Å².